The van der Waals surface area contributed by atoms with E-state index in [0.29, 0.717) is 16.3 Å². The molecule has 0 saturated carbocycles. The van der Waals surface area contributed by atoms with Gasteiger partial charge in [0, 0.05) is 5.02 Å². The molecule has 2 aromatic carbocycles. The number of esters is 1. The summed E-state index contributed by atoms with van der Waals surface area (Å²) >= 11 is 5.97. The number of halogens is 1. The highest BCUT2D eigenvalue weighted by atomic mass is 35.5. The summed E-state index contributed by atoms with van der Waals surface area (Å²) in [4.78, 5) is 11.9. The first-order chi connectivity index (χ1) is 8.56. The van der Waals surface area contributed by atoms with Crippen LogP contribution in [0.5, 0.6) is 5.75 Å². The molecule has 0 aliphatic heterocycles. The molecule has 0 spiro atoms. The van der Waals surface area contributed by atoms with E-state index in [0.717, 1.165) is 11.1 Å². The van der Waals surface area contributed by atoms with Crippen LogP contribution >= 0.6 is 11.6 Å². The third-order valence-corrected chi connectivity index (χ3v) is 3.05. The number of ether oxygens (including phenoxy) is 1. The maximum atomic E-state index is 11.9. The summed E-state index contributed by atoms with van der Waals surface area (Å²) in [6.45, 7) is 3.86. The molecular weight excluding hydrogens is 248 g/mol. The summed E-state index contributed by atoms with van der Waals surface area (Å²) in [6, 6.07) is 12.4. The van der Waals surface area contributed by atoms with Crippen LogP contribution < -0.4 is 4.74 Å². The lowest BCUT2D eigenvalue weighted by Gasteiger charge is -2.05. The lowest BCUT2D eigenvalue weighted by Crippen LogP contribution is -2.08. The lowest BCUT2D eigenvalue weighted by molar-refractivity contribution is 0.0734. The first kappa shape index (κ1) is 12.7. The van der Waals surface area contributed by atoms with Crippen molar-refractivity contribution >= 4 is 17.6 Å². The van der Waals surface area contributed by atoms with Crippen molar-refractivity contribution in [2.75, 3.05) is 0 Å². The van der Waals surface area contributed by atoms with E-state index in [4.69, 9.17) is 16.3 Å². The Balaban J connectivity index is 2.16. The monoisotopic (exact) mass is 260 g/mol. The SMILES string of the molecule is Cc1ccc(OC(=O)c2ccc(C)c(Cl)c2)cc1. The fraction of sp³-hybridized carbons (Fsp3) is 0.133. The second-order valence-corrected chi connectivity index (χ2v) is 4.57. The van der Waals surface area contributed by atoms with Gasteiger partial charge in [0.15, 0.2) is 0 Å². The third kappa shape index (κ3) is 2.90. The third-order valence-electron chi connectivity index (χ3n) is 2.64. The van der Waals surface area contributed by atoms with Gasteiger partial charge in [0.05, 0.1) is 5.56 Å². The van der Waals surface area contributed by atoms with E-state index >= 15 is 0 Å². The van der Waals surface area contributed by atoms with Crippen LogP contribution in [-0.4, -0.2) is 5.97 Å². The Kier molecular flexibility index (Phi) is 3.68. The van der Waals surface area contributed by atoms with Gasteiger partial charge in [-0.15, -0.1) is 0 Å². The van der Waals surface area contributed by atoms with Crippen molar-refractivity contribution in [2.24, 2.45) is 0 Å². The van der Waals surface area contributed by atoms with E-state index in [-0.39, 0.29) is 0 Å². The Morgan fingerprint density at radius 1 is 1.06 bits per heavy atom. The van der Waals surface area contributed by atoms with Gasteiger partial charge in [-0.1, -0.05) is 35.4 Å². The van der Waals surface area contributed by atoms with Crippen molar-refractivity contribution < 1.29 is 9.53 Å². The number of carbonyl (C=O) groups excluding carboxylic acids is 1. The predicted molar refractivity (Wildman–Crippen MR) is 72.3 cm³/mol. The molecule has 0 aliphatic rings. The number of benzene rings is 2. The molecule has 0 saturated heterocycles. The highest BCUT2D eigenvalue weighted by Gasteiger charge is 2.09. The summed E-state index contributed by atoms with van der Waals surface area (Å²) in [7, 11) is 0. The minimum absolute atomic E-state index is 0.402. The van der Waals surface area contributed by atoms with Gasteiger partial charge in [0.1, 0.15) is 5.75 Å². The molecule has 2 nitrogen and oxygen atoms in total. The average molecular weight is 261 g/mol. The van der Waals surface area contributed by atoms with E-state index < -0.39 is 5.97 Å². The largest absolute Gasteiger partial charge is 0.423 e. The number of hydrogen-bond acceptors (Lipinski definition) is 2. The van der Waals surface area contributed by atoms with E-state index in [2.05, 4.69) is 0 Å². The number of rotatable bonds is 2. The van der Waals surface area contributed by atoms with E-state index in [1.807, 2.05) is 26.0 Å². The zero-order chi connectivity index (χ0) is 13.1. The van der Waals surface area contributed by atoms with Gasteiger partial charge in [0.25, 0.3) is 0 Å². The Hall–Kier alpha value is -1.80. The van der Waals surface area contributed by atoms with Crippen LogP contribution in [-0.2, 0) is 0 Å². The molecule has 0 unspecified atom stereocenters. The van der Waals surface area contributed by atoms with Crippen LogP contribution in [0.1, 0.15) is 21.5 Å². The molecule has 0 amide bonds. The first-order valence-electron chi connectivity index (χ1n) is 5.61. The van der Waals surface area contributed by atoms with Crippen LogP contribution in [0.15, 0.2) is 42.5 Å². The van der Waals surface area contributed by atoms with Crippen LogP contribution in [0.2, 0.25) is 5.02 Å². The molecule has 3 heteroatoms. The Labute approximate surface area is 111 Å². The van der Waals surface area contributed by atoms with Crippen molar-refractivity contribution in [1.29, 1.82) is 0 Å². The zero-order valence-electron chi connectivity index (χ0n) is 10.2. The van der Waals surface area contributed by atoms with Gasteiger partial charge in [-0.05, 0) is 43.7 Å². The topological polar surface area (TPSA) is 26.3 Å². The number of carbonyl (C=O) groups is 1. The normalized spacial score (nSPS) is 10.2. The molecule has 0 radical (unpaired) electrons. The molecule has 0 aromatic heterocycles. The molecule has 18 heavy (non-hydrogen) atoms. The Bertz CT molecular complexity index is 574. The predicted octanol–water partition coefficient (Wildman–Crippen LogP) is 4.18. The van der Waals surface area contributed by atoms with Gasteiger partial charge < -0.3 is 4.74 Å². The van der Waals surface area contributed by atoms with Crippen LogP contribution in [0.3, 0.4) is 0 Å². The Morgan fingerprint density at radius 3 is 2.33 bits per heavy atom. The van der Waals surface area contributed by atoms with E-state index in [1.165, 1.54) is 0 Å². The molecular formula is C15H13ClO2. The van der Waals surface area contributed by atoms with E-state index in [9.17, 15) is 4.79 Å². The van der Waals surface area contributed by atoms with Gasteiger partial charge in [-0.2, -0.15) is 0 Å². The molecule has 0 N–H and O–H groups in total. The lowest BCUT2D eigenvalue weighted by atomic mass is 10.1. The molecule has 2 rings (SSSR count). The second kappa shape index (κ2) is 5.23. The molecule has 0 bridgehead atoms. The van der Waals surface area contributed by atoms with Crippen LogP contribution in [0, 0.1) is 13.8 Å². The fourth-order valence-corrected chi connectivity index (χ4v) is 1.67. The summed E-state index contributed by atoms with van der Waals surface area (Å²) < 4.78 is 5.25. The summed E-state index contributed by atoms with van der Waals surface area (Å²) in [5.74, 6) is 0.128. The van der Waals surface area contributed by atoms with Crippen LogP contribution in [0.25, 0.3) is 0 Å². The van der Waals surface area contributed by atoms with Gasteiger partial charge >= 0.3 is 5.97 Å². The van der Waals surface area contributed by atoms with Crippen molar-refractivity contribution in [2.45, 2.75) is 13.8 Å². The van der Waals surface area contributed by atoms with Gasteiger partial charge in [-0.25, -0.2) is 4.79 Å². The van der Waals surface area contributed by atoms with Crippen molar-refractivity contribution in [3.63, 3.8) is 0 Å². The smallest absolute Gasteiger partial charge is 0.343 e. The molecule has 0 atom stereocenters. The number of aryl methyl sites for hydroxylation is 2. The summed E-state index contributed by atoms with van der Waals surface area (Å²) in [6.07, 6.45) is 0. The molecule has 0 aliphatic carbocycles. The van der Waals surface area contributed by atoms with Crippen molar-refractivity contribution in [3.05, 3.63) is 64.2 Å². The minimum Gasteiger partial charge on any atom is -0.423 e. The van der Waals surface area contributed by atoms with Crippen molar-refractivity contribution in [1.82, 2.24) is 0 Å². The highest BCUT2D eigenvalue weighted by molar-refractivity contribution is 6.31. The minimum atomic E-state index is -0.402. The highest BCUT2D eigenvalue weighted by Crippen LogP contribution is 2.19. The maximum absolute atomic E-state index is 11.9. The maximum Gasteiger partial charge on any atom is 0.343 e. The second-order valence-electron chi connectivity index (χ2n) is 4.17. The van der Waals surface area contributed by atoms with Crippen LogP contribution in [0.4, 0.5) is 0 Å². The molecule has 92 valence electrons. The quantitative estimate of drug-likeness (QED) is 0.598. The van der Waals surface area contributed by atoms with Gasteiger partial charge in [-0.3, -0.25) is 0 Å². The average Bonchev–Trinajstić information content (AvgIpc) is 2.35. The summed E-state index contributed by atoms with van der Waals surface area (Å²) in [5, 5.41) is 0.563. The van der Waals surface area contributed by atoms with E-state index in [1.54, 1.807) is 30.3 Å². The molecule has 0 heterocycles. The van der Waals surface area contributed by atoms with Crippen molar-refractivity contribution in [3.8, 4) is 5.75 Å². The molecule has 2 aromatic rings. The summed E-state index contributed by atoms with van der Waals surface area (Å²) in [5.41, 5.74) is 2.50. The molecule has 0 fully saturated rings. The Morgan fingerprint density at radius 2 is 1.72 bits per heavy atom. The standard InChI is InChI=1S/C15H13ClO2/c1-10-3-7-13(8-4-10)18-15(17)12-6-5-11(2)14(16)9-12/h3-9H,1-2H3. The van der Waals surface area contributed by atoms with Gasteiger partial charge in [0.2, 0.25) is 0 Å². The zero-order valence-corrected chi connectivity index (χ0v) is 11.0. The first-order valence-corrected chi connectivity index (χ1v) is 5.99. The fourth-order valence-electron chi connectivity index (χ4n) is 1.49. The number of hydrogen-bond donors (Lipinski definition) is 0.